The van der Waals surface area contributed by atoms with Crippen LogP contribution in [0.1, 0.15) is 37.4 Å². The molecular weight excluding hydrogens is 269 g/mol. The summed E-state index contributed by atoms with van der Waals surface area (Å²) in [5.41, 5.74) is 1.17. The number of hydrogen-bond donors (Lipinski definition) is 1. The number of hydrogen-bond acceptors (Lipinski definition) is 2. The number of H-pyrrole nitrogens is 1. The first-order chi connectivity index (χ1) is 10.2. The van der Waals surface area contributed by atoms with E-state index in [1.54, 1.807) is 6.07 Å². The lowest BCUT2D eigenvalue weighted by molar-refractivity contribution is -0.133. The number of halogens is 1. The minimum absolute atomic E-state index is 0.281. The van der Waals surface area contributed by atoms with Gasteiger partial charge in [0.2, 0.25) is 5.91 Å². The van der Waals surface area contributed by atoms with Gasteiger partial charge in [0, 0.05) is 24.9 Å². The number of piperidine rings is 1. The predicted octanol–water partition coefficient (Wildman–Crippen LogP) is 2.82. The molecule has 1 saturated carbocycles. The lowest BCUT2D eigenvalue weighted by Gasteiger charge is -2.31. The molecule has 0 bridgehead atoms. The van der Waals surface area contributed by atoms with E-state index in [2.05, 4.69) is 9.97 Å². The van der Waals surface area contributed by atoms with E-state index in [9.17, 15) is 9.18 Å². The van der Waals surface area contributed by atoms with Crippen LogP contribution in [0.3, 0.4) is 0 Å². The molecule has 0 atom stereocenters. The van der Waals surface area contributed by atoms with Gasteiger partial charge in [-0.05, 0) is 37.8 Å². The summed E-state index contributed by atoms with van der Waals surface area (Å²) in [5.74, 6) is 1.48. The van der Waals surface area contributed by atoms with Crippen LogP contribution in [-0.2, 0) is 4.79 Å². The van der Waals surface area contributed by atoms with Gasteiger partial charge >= 0.3 is 0 Å². The van der Waals surface area contributed by atoms with Crippen LogP contribution in [0.15, 0.2) is 18.2 Å². The molecule has 1 aromatic heterocycles. The highest BCUT2D eigenvalue weighted by atomic mass is 19.1. The van der Waals surface area contributed by atoms with Crippen LogP contribution in [0.4, 0.5) is 4.39 Å². The third-order valence-corrected chi connectivity index (χ3v) is 4.60. The fourth-order valence-electron chi connectivity index (χ4n) is 3.17. The molecule has 1 aliphatic heterocycles. The largest absolute Gasteiger partial charge is 0.342 e. The van der Waals surface area contributed by atoms with Gasteiger partial charge < -0.3 is 9.88 Å². The maximum atomic E-state index is 13.7. The van der Waals surface area contributed by atoms with Gasteiger partial charge in [0.25, 0.3) is 0 Å². The number of aromatic nitrogens is 2. The van der Waals surface area contributed by atoms with E-state index in [4.69, 9.17) is 0 Å². The average Bonchev–Trinajstić information content (AvgIpc) is 3.26. The van der Waals surface area contributed by atoms with E-state index in [0.29, 0.717) is 23.3 Å². The number of fused-ring (bicyclic) bond motifs is 1. The first kappa shape index (κ1) is 12.8. The maximum absolute atomic E-state index is 13.7. The van der Waals surface area contributed by atoms with Gasteiger partial charge in [0.1, 0.15) is 11.3 Å². The number of likely N-dealkylation sites (tertiary alicyclic amines) is 1. The summed E-state index contributed by atoms with van der Waals surface area (Å²) in [6.45, 7) is 1.58. The molecule has 1 saturated heterocycles. The van der Waals surface area contributed by atoms with Crippen molar-refractivity contribution in [3.63, 3.8) is 0 Å². The Morgan fingerprint density at radius 3 is 2.67 bits per heavy atom. The van der Waals surface area contributed by atoms with Crippen molar-refractivity contribution in [3.05, 3.63) is 29.8 Å². The summed E-state index contributed by atoms with van der Waals surface area (Å²) >= 11 is 0. The Bertz CT molecular complexity index is 684. The fraction of sp³-hybridized carbons (Fsp3) is 0.500. The van der Waals surface area contributed by atoms with Gasteiger partial charge in [-0.2, -0.15) is 0 Å². The molecule has 1 amide bonds. The van der Waals surface area contributed by atoms with E-state index >= 15 is 0 Å². The van der Waals surface area contributed by atoms with Crippen molar-refractivity contribution in [3.8, 4) is 0 Å². The highest BCUT2D eigenvalue weighted by Crippen LogP contribution is 2.34. The molecule has 1 aromatic carbocycles. The van der Waals surface area contributed by atoms with Crippen molar-refractivity contribution in [2.24, 2.45) is 5.92 Å². The molecule has 2 aromatic rings. The van der Waals surface area contributed by atoms with Crippen LogP contribution in [0.25, 0.3) is 11.0 Å². The first-order valence-corrected chi connectivity index (χ1v) is 7.65. The Labute approximate surface area is 122 Å². The molecule has 5 heteroatoms. The number of rotatable bonds is 2. The van der Waals surface area contributed by atoms with Gasteiger partial charge in [0.05, 0.1) is 5.52 Å². The van der Waals surface area contributed by atoms with Crippen molar-refractivity contribution in [2.75, 3.05) is 13.1 Å². The van der Waals surface area contributed by atoms with Gasteiger partial charge in [-0.25, -0.2) is 9.37 Å². The monoisotopic (exact) mass is 287 g/mol. The zero-order valence-electron chi connectivity index (χ0n) is 11.8. The molecule has 4 nitrogen and oxygen atoms in total. The second-order valence-corrected chi connectivity index (χ2v) is 6.13. The number of carbonyl (C=O) groups is 1. The van der Waals surface area contributed by atoms with E-state index in [0.717, 1.165) is 50.1 Å². The van der Waals surface area contributed by atoms with Crippen LogP contribution in [0.2, 0.25) is 0 Å². The molecule has 0 spiro atoms. The predicted molar refractivity (Wildman–Crippen MR) is 77.3 cm³/mol. The fourth-order valence-corrected chi connectivity index (χ4v) is 3.17. The van der Waals surface area contributed by atoms with E-state index < -0.39 is 0 Å². The normalized spacial score (nSPS) is 20.1. The molecule has 2 heterocycles. The number of benzene rings is 1. The second kappa shape index (κ2) is 4.83. The first-order valence-electron chi connectivity index (χ1n) is 7.65. The third kappa shape index (κ3) is 2.30. The summed E-state index contributed by atoms with van der Waals surface area (Å²) in [6.07, 6.45) is 3.92. The molecule has 110 valence electrons. The summed E-state index contributed by atoms with van der Waals surface area (Å²) in [6, 6.07) is 4.97. The lowest BCUT2D eigenvalue weighted by Crippen LogP contribution is -2.38. The summed E-state index contributed by atoms with van der Waals surface area (Å²) < 4.78 is 13.7. The zero-order valence-corrected chi connectivity index (χ0v) is 11.8. The number of nitrogens with one attached hydrogen (secondary N) is 1. The molecule has 0 unspecified atom stereocenters. The molecule has 0 radical (unpaired) electrons. The molecular formula is C16H18FN3O. The minimum atomic E-state index is -0.281. The van der Waals surface area contributed by atoms with Crippen molar-refractivity contribution >= 4 is 16.9 Å². The average molecular weight is 287 g/mol. The molecule has 4 rings (SSSR count). The Balaban J connectivity index is 1.49. The van der Waals surface area contributed by atoms with Crippen LogP contribution in [0.5, 0.6) is 0 Å². The standard InChI is InChI=1S/C16H18FN3O/c17-12-2-1-3-13-14(12)19-15(18-13)10-6-8-20(9-7-10)16(21)11-4-5-11/h1-3,10-11H,4-9H2,(H,18,19). The maximum Gasteiger partial charge on any atom is 0.225 e. The second-order valence-electron chi connectivity index (χ2n) is 6.13. The Morgan fingerprint density at radius 2 is 2.00 bits per heavy atom. The topological polar surface area (TPSA) is 49.0 Å². The van der Waals surface area contributed by atoms with E-state index in [1.165, 1.54) is 6.07 Å². The SMILES string of the molecule is O=C(C1CC1)N1CCC(c2nc3c(F)cccc3[nH]2)CC1. The van der Waals surface area contributed by atoms with Gasteiger partial charge in [-0.3, -0.25) is 4.79 Å². The van der Waals surface area contributed by atoms with Crippen LogP contribution in [-0.4, -0.2) is 33.9 Å². The number of imidazole rings is 1. The zero-order chi connectivity index (χ0) is 14.4. The molecule has 1 N–H and O–H groups in total. The number of nitrogens with zero attached hydrogens (tertiary/aromatic N) is 2. The van der Waals surface area contributed by atoms with Gasteiger partial charge in [-0.15, -0.1) is 0 Å². The van der Waals surface area contributed by atoms with Crippen LogP contribution in [0, 0.1) is 11.7 Å². The smallest absolute Gasteiger partial charge is 0.225 e. The summed E-state index contributed by atoms with van der Waals surface area (Å²) in [4.78, 5) is 21.7. The van der Waals surface area contributed by atoms with E-state index in [1.807, 2.05) is 11.0 Å². The van der Waals surface area contributed by atoms with Gasteiger partial charge in [-0.1, -0.05) is 6.07 Å². The van der Waals surface area contributed by atoms with Crippen LogP contribution < -0.4 is 0 Å². The highest BCUT2D eigenvalue weighted by Gasteiger charge is 2.35. The van der Waals surface area contributed by atoms with Crippen molar-refractivity contribution < 1.29 is 9.18 Å². The van der Waals surface area contributed by atoms with Crippen LogP contribution >= 0.6 is 0 Å². The summed E-state index contributed by atoms with van der Waals surface area (Å²) in [5, 5.41) is 0. The Hall–Kier alpha value is -1.91. The Kier molecular flexibility index (Phi) is 2.94. The summed E-state index contributed by atoms with van der Waals surface area (Å²) in [7, 11) is 0. The van der Waals surface area contributed by atoms with Crippen molar-refractivity contribution in [2.45, 2.75) is 31.6 Å². The molecule has 2 fully saturated rings. The number of amides is 1. The lowest BCUT2D eigenvalue weighted by atomic mass is 9.96. The minimum Gasteiger partial charge on any atom is -0.342 e. The number of carbonyl (C=O) groups excluding carboxylic acids is 1. The molecule has 21 heavy (non-hydrogen) atoms. The van der Waals surface area contributed by atoms with E-state index in [-0.39, 0.29) is 5.82 Å². The van der Waals surface area contributed by atoms with Gasteiger partial charge in [0.15, 0.2) is 5.82 Å². The third-order valence-electron chi connectivity index (χ3n) is 4.60. The quantitative estimate of drug-likeness (QED) is 0.923. The highest BCUT2D eigenvalue weighted by molar-refractivity contribution is 5.81. The number of aromatic amines is 1. The van der Waals surface area contributed by atoms with Crippen molar-refractivity contribution in [1.29, 1.82) is 0 Å². The number of para-hydroxylation sites is 1. The molecule has 1 aliphatic carbocycles. The molecule has 2 aliphatic rings. The van der Waals surface area contributed by atoms with Crippen molar-refractivity contribution in [1.82, 2.24) is 14.9 Å². The Morgan fingerprint density at radius 1 is 1.24 bits per heavy atom.